The van der Waals surface area contributed by atoms with E-state index < -0.39 is 10.0 Å². The molecule has 3 rings (SSSR count). The first kappa shape index (κ1) is 22.3. The minimum Gasteiger partial charge on any atom is -0.494 e. The number of hydrogen-bond donors (Lipinski definition) is 1. The van der Waals surface area contributed by atoms with Crippen molar-refractivity contribution in [2.75, 3.05) is 39.5 Å². The highest BCUT2D eigenvalue weighted by atomic mass is 32.2. The predicted octanol–water partition coefficient (Wildman–Crippen LogP) is 2.39. The zero-order chi connectivity index (χ0) is 21.6. The third-order valence-corrected chi connectivity index (χ3v) is 6.88. The molecule has 1 N–H and O–H groups in total. The van der Waals surface area contributed by atoms with E-state index in [9.17, 15) is 13.2 Å². The molecule has 1 aliphatic rings. The molecule has 162 valence electrons. The molecule has 30 heavy (non-hydrogen) atoms. The van der Waals surface area contributed by atoms with Crippen LogP contribution in [0.2, 0.25) is 0 Å². The molecule has 1 amide bonds. The molecule has 0 saturated carbocycles. The Morgan fingerprint density at radius 2 is 1.83 bits per heavy atom. The van der Waals surface area contributed by atoms with Crippen molar-refractivity contribution in [2.45, 2.75) is 25.2 Å². The second kappa shape index (κ2) is 10.1. The van der Waals surface area contributed by atoms with Crippen molar-refractivity contribution in [2.24, 2.45) is 0 Å². The highest BCUT2D eigenvalue weighted by molar-refractivity contribution is 7.89. The van der Waals surface area contributed by atoms with Gasteiger partial charge < -0.3 is 14.8 Å². The molecule has 7 nitrogen and oxygen atoms in total. The number of hydrogen-bond acceptors (Lipinski definition) is 5. The van der Waals surface area contributed by atoms with Gasteiger partial charge in [0.1, 0.15) is 5.75 Å². The van der Waals surface area contributed by atoms with Gasteiger partial charge in [0.05, 0.1) is 24.7 Å². The van der Waals surface area contributed by atoms with Gasteiger partial charge in [-0.05, 0) is 61.7 Å². The number of benzene rings is 2. The van der Waals surface area contributed by atoms with Crippen molar-refractivity contribution in [3.05, 3.63) is 59.2 Å². The smallest absolute Gasteiger partial charge is 0.251 e. The summed E-state index contributed by atoms with van der Waals surface area (Å²) in [5, 5.41) is 2.90. The van der Waals surface area contributed by atoms with E-state index in [2.05, 4.69) is 5.32 Å². The molecule has 8 heteroatoms. The summed E-state index contributed by atoms with van der Waals surface area (Å²) in [6, 6.07) is 12.2. The van der Waals surface area contributed by atoms with E-state index in [0.717, 1.165) is 16.9 Å². The van der Waals surface area contributed by atoms with Crippen molar-refractivity contribution in [3.63, 3.8) is 0 Å². The van der Waals surface area contributed by atoms with Gasteiger partial charge in [0, 0.05) is 25.2 Å². The predicted molar refractivity (Wildman–Crippen MR) is 114 cm³/mol. The van der Waals surface area contributed by atoms with Gasteiger partial charge in [-0.15, -0.1) is 0 Å². The number of nitrogens with one attached hydrogen (secondary N) is 1. The highest BCUT2D eigenvalue weighted by Gasteiger charge is 2.26. The van der Waals surface area contributed by atoms with Gasteiger partial charge in [-0.3, -0.25) is 4.79 Å². The number of ether oxygens (including phenoxy) is 2. The van der Waals surface area contributed by atoms with Crippen LogP contribution in [0.15, 0.2) is 47.4 Å². The number of morpholine rings is 1. The van der Waals surface area contributed by atoms with Crippen molar-refractivity contribution >= 4 is 15.9 Å². The van der Waals surface area contributed by atoms with Crippen molar-refractivity contribution in [1.29, 1.82) is 0 Å². The van der Waals surface area contributed by atoms with Gasteiger partial charge in [0.15, 0.2) is 0 Å². The van der Waals surface area contributed by atoms with Crippen LogP contribution in [0, 0.1) is 6.92 Å². The zero-order valence-electron chi connectivity index (χ0n) is 17.4. The lowest BCUT2D eigenvalue weighted by atomic mass is 10.1. The SMILES string of the molecule is CCOc1ccc(C(=O)NCCc2ccc(S(=O)(=O)N3CCOCC3)cc2)cc1C. The molecule has 1 fully saturated rings. The van der Waals surface area contributed by atoms with Gasteiger partial charge in [0.25, 0.3) is 5.91 Å². The Kier molecular flexibility index (Phi) is 7.47. The summed E-state index contributed by atoms with van der Waals surface area (Å²) in [5.74, 6) is 0.633. The van der Waals surface area contributed by atoms with Crippen molar-refractivity contribution < 1.29 is 22.7 Å². The number of rotatable bonds is 8. The number of aryl methyl sites for hydroxylation is 1. The van der Waals surface area contributed by atoms with Crippen LogP contribution in [0.1, 0.15) is 28.4 Å². The molecule has 0 atom stereocenters. The maximum Gasteiger partial charge on any atom is 0.251 e. The Morgan fingerprint density at radius 3 is 2.47 bits per heavy atom. The molecule has 1 saturated heterocycles. The lowest BCUT2D eigenvalue weighted by Crippen LogP contribution is -2.40. The van der Waals surface area contributed by atoms with E-state index >= 15 is 0 Å². The molecule has 1 heterocycles. The quantitative estimate of drug-likeness (QED) is 0.692. The molecule has 2 aromatic carbocycles. The fourth-order valence-corrected chi connectivity index (χ4v) is 4.70. The Balaban J connectivity index is 1.54. The highest BCUT2D eigenvalue weighted by Crippen LogP contribution is 2.20. The van der Waals surface area contributed by atoms with Crippen molar-refractivity contribution in [3.8, 4) is 5.75 Å². The van der Waals surface area contributed by atoms with Crippen LogP contribution >= 0.6 is 0 Å². The molecule has 0 spiro atoms. The fourth-order valence-electron chi connectivity index (χ4n) is 3.29. The molecule has 0 radical (unpaired) electrons. The molecule has 0 unspecified atom stereocenters. The Hall–Kier alpha value is -2.42. The largest absolute Gasteiger partial charge is 0.494 e. The molecule has 0 aliphatic carbocycles. The Labute approximate surface area is 178 Å². The molecule has 2 aromatic rings. The second-order valence-corrected chi connectivity index (χ2v) is 9.02. The average molecular weight is 433 g/mol. The van der Waals surface area contributed by atoms with Crippen LogP contribution in [-0.4, -0.2) is 58.1 Å². The second-order valence-electron chi connectivity index (χ2n) is 7.08. The first-order valence-corrected chi connectivity index (χ1v) is 11.5. The molecular formula is C22H28N2O5S. The number of sulfonamides is 1. The Morgan fingerprint density at radius 1 is 1.13 bits per heavy atom. The number of nitrogens with zero attached hydrogens (tertiary/aromatic N) is 1. The summed E-state index contributed by atoms with van der Waals surface area (Å²) in [6.45, 7) is 6.47. The number of amides is 1. The maximum atomic E-state index is 12.7. The van der Waals surface area contributed by atoms with Crippen LogP contribution in [0.25, 0.3) is 0 Å². The summed E-state index contributed by atoms with van der Waals surface area (Å²) in [6.07, 6.45) is 0.611. The first-order chi connectivity index (χ1) is 14.4. The molecule has 0 bridgehead atoms. The monoisotopic (exact) mass is 432 g/mol. The van der Waals surface area contributed by atoms with Gasteiger partial charge in [-0.1, -0.05) is 12.1 Å². The lowest BCUT2D eigenvalue weighted by Gasteiger charge is -2.26. The van der Waals surface area contributed by atoms with Crippen LogP contribution in [0.5, 0.6) is 5.75 Å². The van der Waals surface area contributed by atoms with Crippen LogP contribution < -0.4 is 10.1 Å². The van der Waals surface area contributed by atoms with Gasteiger partial charge in [-0.25, -0.2) is 8.42 Å². The molecular weight excluding hydrogens is 404 g/mol. The van der Waals surface area contributed by atoms with Gasteiger partial charge in [-0.2, -0.15) is 4.31 Å². The molecule has 1 aliphatic heterocycles. The Bertz CT molecular complexity index is 968. The summed E-state index contributed by atoms with van der Waals surface area (Å²) in [4.78, 5) is 12.6. The normalized spacial score (nSPS) is 15.0. The van der Waals surface area contributed by atoms with Crippen LogP contribution in [0.4, 0.5) is 0 Å². The zero-order valence-corrected chi connectivity index (χ0v) is 18.2. The van der Waals surface area contributed by atoms with Gasteiger partial charge in [0.2, 0.25) is 10.0 Å². The van der Waals surface area contributed by atoms with Crippen molar-refractivity contribution in [1.82, 2.24) is 9.62 Å². The van der Waals surface area contributed by atoms with E-state index in [-0.39, 0.29) is 10.8 Å². The third-order valence-electron chi connectivity index (χ3n) is 4.97. The van der Waals surface area contributed by atoms with E-state index in [1.54, 1.807) is 36.4 Å². The fraction of sp³-hybridized carbons (Fsp3) is 0.409. The lowest BCUT2D eigenvalue weighted by molar-refractivity contribution is 0.0730. The molecule has 0 aromatic heterocycles. The number of carbonyl (C=O) groups is 1. The minimum atomic E-state index is -3.49. The maximum absolute atomic E-state index is 12.7. The van der Waals surface area contributed by atoms with Crippen LogP contribution in [-0.2, 0) is 21.2 Å². The summed E-state index contributed by atoms with van der Waals surface area (Å²) in [7, 11) is -3.49. The van der Waals surface area contributed by atoms with Crippen LogP contribution in [0.3, 0.4) is 0 Å². The standard InChI is InChI=1S/C22H28N2O5S/c1-3-29-21-9-6-19(16-17(21)2)22(25)23-11-10-18-4-7-20(8-5-18)30(26,27)24-12-14-28-15-13-24/h4-9,16H,3,10-15H2,1-2H3,(H,23,25). The van der Waals surface area contributed by atoms with E-state index in [4.69, 9.17) is 9.47 Å². The number of carbonyl (C=O) groups excluding carboxylic acids is 1. The topological polar surface area (TPSA) is 84.9 Å². The van der Waals surface area contributed by atoms with E-state index in [1.165, 1.54) is 4.31 Å². The summed E-state index contributed by atoms with van der Waals surface area (Å²) >= 11 is 0. The summed E-state index contributed by atoms with van der Waals surface area (Å²) < 4.78 is 37.5. The average Bonchev–Trinajstić information content (AvgIpc) is 2.76. The minimum absolute atomic E-state index is 0.146. The van der Waals surface area contributed by atoms with E-state index in [1.807, 2.05) is 19.9 Å². The third kappa shape index (κ3) is 5.38. The van der Waals surface area contributed by atoms with Gasteiger partial charge >= 0.3 is 0 Å². The van der Waals surface area contributed by atoms with E-state index in [0.29, 0.717) is 51.4 Å². The summed E-state index contributed by atoms with van der Waals surface area (Å²) in [5.41, 5.74) is 2.46. The first-order valence-electron chi connectivity index (χ1n) is 10.1.